The summed E-state index contributed by atoms with van der Waals surface area (Å²) in [7, 11) is 0. The summed E-state index contributed by atoms with van der Waals surface area (Å²) in [4.78, 5) is 11.5. The van der Waals surface area contributed by atoms with Crippen LogP contribution in [-0.2, 0) is 11.2 Å². The van der Waals surface area contributed by atoms with Crippen molar-refractivity contribution in [1.82, 2.24) is 9.78 Å². The summed E-state index contributed by atoms with van der Waals surface area (Å²) in [6, 6.07) is 16.1. The largest absolute Gasteiger partial charge is 0.326 e. The number of aryl methyl sites for hydroxylation is 1. The molecule has 3 aromatic rings. The zero-order valence-electron chi connectivity index (χ0n) is 12.2. The number of nitrogens with zero attached hydrogens (tertiary/aromatic N) is 2. The molecule has 1 N–H and O–H groups in total. The molecule has 22 heavy (non-hydrogen) atoms. The van der Waals surface area contributed by atoms with Crippen molar-refractivity contribution in [1.29, 1.82) is 0 Å². The molecule has 1 amide bonds. The number of fused-ring (bicyclic) bond motifs is 1. The summed E-state index contributed by atoms with van der Waals surface area (Å²) >= 11 is 0. The molecule has 2 aromatic carbocycles. The minimum absolute atomic E-state index is 0.0591. The normalized spacial score (nSPS) is 13.0. The van der Waals surface area contributed by atoms with Crippen molar-refractivity contribution in [3.63, 3.8) is 0 Å². The first-order valence-electron chi connectivity index (χ1n) is 7.25. The maximum absolute atomic E-state index is 11.5. The van der Waals surface area contributed by atoms with Gasteiger partial charge in [-0.3, -0.25) is 4.79 Å². The van der Waals surface area contributed by atoms with Gasteiger partial charge in [0.05, 0.1) is 17.8 Å². The molecule has 4 rings (SSSR count). The standard InChI is InChI=1S/C18H15N3O/c1-12-16(11-21(20-12)15-5-3-2-4-6-15)13-7-8-17-14(9-13)10-18(22)19-17/h2-9,11H,10H2,1H3,(H,19,22). The van der Waals surface area contributed by atoms with Crippen LogP contribution < -0.4 is 5.32 Å². The summed E-state index contributed by atoms with van der Waals surface area (Å²) in [5.74, 6) is 0.0591. The number of carbonyl (C=O) groups is 1. The average Bonchev–Trinajstić information content (AvgIpc) is 3.09. The number of amides is 1. The first kappa shape index (κ1) is 12.8. The van der Waals surface area contributed by atoms with Crippen molar-refractivity contribution in [3.05, 3.63) is 66.0 Å². The molecular formula is C18H15N3O. The molecule has 0 aliphatic carbocycles. The molecule has 0 atom stereocenters. The zero-order valence-corrected chi connectivity index (χ0v) is 12.2. The highest BCUT2D eigenvalue weighted by molar-refractivity contribution is 5.99. The van der Waals surface area contributed by atoms with Crippen molar-refractivity contribution in [2.75, 3.05) is 5.32 Å². The Hall–Kier alpha value is -2.88. The lowest BCUT2D eigenvalue weighted by atomic mass is 10.0. The van der Waals surface area contributed by atoms with Gasteiger partial charge in [-0.05, 0) is 42.3 Å². The van der Waals surface area contributed by atoms with E-state index in [2.05, 4.69) is 16.5 Å². The summed E-state index contributed by atoms with van der Waals surface area (Å²) in [6.45, 7) is 2.01. The van der Waals surface area contributed by atoms with Crippen molar-refractivity contribution in [2.24, 2.45) is 0 Å². The number of hydrogen-bond donors (Lipinski definition) is 1. The van der Waals surface area contributed by atoms with Crippen molar-refractivity contribution in [3.8, 4) is 16.8 Å². The highest BCUT2D eigenvalue weighted by atomic mass is 16.1. The van der Waals surface area contributed by atoms with Crippen molar-refractivity contribution >= 4 is 11.6 Å². The highest BCUT2D eigenvalue weighted by Gasteiger charge is 2.18. The van der Waals surface area contributed by atoms with E-state index in [1.807, 2.05) is 60.3 Å². The molecule has 2 heterocycles. The molecule has 4 nitrogen and oxygen atoms in total. The van der Waals surface area contributed by atoms with Gasteiger partial charge in [-0.2, -0.15) is 5.10 Å². The van der Waals surface area contributed by atoms with Crippen molar-refractivity contribution in [2.45, 2.75) is 13.3 Å². The van der Waals surface area contributed by atoms with Crippen LogP contribution in [0.4, 0.5) is 5.69 Å². The monoisotopic (exact) mass is 289 g/mol. The molecule has 0 radical (unpaired) electrons. The fourth-order valence-electron chi connectivity index (χ4n) is 2.85. The van der Waals surface area contributed by atoms with Crippen LogP contribution in [0.3, 0.4) is 0 Å². The van der Waals surface area contributed by atoms with E-state index in [0.717, 1.165) is 33.8 Å². The number of para-hydroxylation sites is 1. The van der Waals surface area contributed by atoms with Gasteiger partial charge in [0.1, 0.15) is 0 Å². The van der Waals surface area contributed by atoms with E-state index >= 15 is 0 Å². The smallest absolute Gasteiger partial charge is 0.228 e. The van der Waals surface area contributed by atoms with Gasteiger partial charge < -0.3 is 5.32 Å². The van der Waals surface area contributed by atoms with E-state index in [1.54, 1.807) is 0 Å². The van der Waals surface area contributed by atoms with Crippen molar-refractivity contribution < 1.29 is 4.79 Å². The van der Waals surface area contributed by atoms with Gasteiger partial charge in [0, 0.05) is 17.4 Å². The zero-order chi connectivity index (χ0) is 15.1. The first-order chi connectivity index (χ1) is 10.7. The molecule has 4 heteroatoms. The molecule has 0 unspecified atom stereocenters. The van der Waals surface area contributed by atoms with E-state index in [-0.39, 0.29) is 5.91 Å². The molecule has 0 bridgehead atoms. The fourth-order valence-corrected chi connectivity index (χ4v) is 2.85. The highest BCUT2D eigenvalue weighted by Crippen LogP contribution is 2.30. The van der Waals surface area contributed by atoms with Gasteiger partial charge in [-0.1, -0.05) is 24.3 Å². The van der Waals surface area contributed by atoms with Gasteiger partial charge in [0.15, 0.2) is 0 Å². The summed E-state index contributed by atoms with van der Waals surface area (Å²) in [5.41, 5.74) is 6.16. The van der Waals surface area contributed by atoms with Crippen LogP contribution in [0, 0.1) is 6.92 Å². The number of carbonyl (C=O) groups excluding carboxylic acids is 1. The van der Waals surface area contributed by atoms with Gasteiger partial charge >= 0.3 is 0 Å². The van der Waals surface area contributed by atoms with Crippen LogP contribution in [-0.4, -0.2) is 15.7 Å². The summed E-state index contributed by atoms with van der Waals surface area (Å²) in [5, 5.41) is 7.46. The van der Waals surface area contributed by atoms with E-state index in [1.165, 1.54) is 0 Å². The van der Waals surface area contributed by atoms with Crippen LogP contribution in [0.15, 0.2) is 54.7 Å². The minimum atomic E-state index is 0.0591. The maximum Gasteiger partial charge on any atom is 0.228 e. The van der Waals surface area contributed by atoms with Gasteiger partial charge in [-0.25, -0.2) is 4.68 Å². The van der Waals surface area contributed by atoms with Crippen LogP contribution in [0.25, 0.3) is 16.8 Å². The summed E-state index contributed by atoms with van der Waals surface area (Å²) < 4.78 is 1.89. The lowest BCUT2D eigenvalue weighted by molar-refractivity contribution is -0.115. The Kier molecular flexibility index (Phi) is 2.82. The Morgan fingerprint density at radius 1 is 1.14 bits per heavy atom. The predicted octanol–water partition coefficient (Wildman–Crippen LogP) is 3.34. The molecule has 1 aliphatic heterocycles. The Morgan fingerprint density at radius 2 is 1.95 bits per heavy atom. The molecule has 1 aromatic heterocycles. The number of rotatable bonds is 2. The third-order valence-corrected chi connectivity index (χ3v) is 3.96. The number of nitrogens with one attached hydrogen (secondary N) is 1. The number of benzene rings is 2. The maximum atomic E-state index is 11.5. The van der Waals surface area contributed by atoms with Crippen LogP contribution in [0.1, 0.15) is 11.3 Å². The number of anilines is 1. The van der Waals surface area contributed by atoms with Crippen LogP contribution in [0.5, 0.6) is 0 Å². The van der Waals surface area contributed by atoms with E-state index in [4.69, 9.17) is 0 Å². The molecule has 0 fully saturated rings. The van der Waals surface area contributed by atoms with Crippen LogP contribution in [0.2, 0.25) is 0 Å². The Bertz CT molecular complexity index is 865. The summed E-state index contributed by atoms with van der Waals surface area (Å²) in [6.07, 6.45) is 2.49. The molecule has 0 saturated heterocycles. The van der Waals surface area contributed by atoms with E-state index in [9.17, 15) is 4.79 Å². The van der Waals surface area contributed by atoms with E-state index in [0.29, 0.717) is 6.42 Å². The third kappa shape index (κ3) is 2.09. The second-order valence-corrected chi connectivity index (χ2v) is 5.51. The molecule has 0 spiro atoms. The SMILES string of the molecule is Cc1nn(-c2ccccc2)cc1-c1ccc2c(c1)CC(=O)N2. The molecule has 1 aliphatic rings. The van der Waals surface area contributed by atoms with Gasteiger partial charge in [-0.15, -0.1) is 0 Å². The minimum Gasteiger partial charge on any atom is -0.326 e. The lowest BCUT2D eigenvalue weighted by Crippen LogP contribution is -2.03. The third-order valence-electron chi connectivity index (χ3n) is 3.96. The Morgan fingerprint density at radius 3 is 2.77 bits per heavy atom. The number of aromatic nitrogens is 2. The first-order valence-corrected chi connectivity index (χ1v) is 7.25. The van der Waals surface area contributed by atoms with Gasteiger partial charge in [0.25, 0.3) is 0 Å². The predicted molar refractivity (Wildman–Crippen MR) is 86.1 cm³/mol. The lowest BCUT2D eigenvalue weighted by Gasteiger charge is -2.03. The Balaban J connectivity index is 1.77. The topological polar surface area (TPSA) is 46.9 Å². The molecular weight excluding hydrogens is 274 g/mol. The quantitative estimate of drug-likeness (QED) is 0.786. The molecule has 0 saturated carbocycles. The van der Waals surface area contributed by atoms with E-state index < -0.39 is 0 Å². The van der Waals surface area contributed by atoms with Gasteiger partial charge in [0.2, 0.25) is 5.91 Å². The number of hydrogen-bond acceptors (Lipinski definition) is 2. The fraction of sp³-hybridized carbons (Fsp3) is 0.111. The Labute approximate surface area is 128 Å². The molecule has 108 valence electrons. The average molecular weight is 289 g/mol. The second-order valence-electron chi connectivity index (χ2n) is 5.51. The second kappa shape index (κ2) is 4.84. The van der Waals surface area contributed by atoms with Crippen LogP contribution >= 0.6 is 0 Å².